The van der Waals surface area contributed by atoms with Crippen molar-refractivity contribution in [2.45, 2.75) is 32.9 Å². The Hall–Kier alpha value is -2.49. The molecule has 0 aliphatic carbocycles. The first-order valence-electron chi connectivity index (χ1n) is 8.20. The second kappa shape index (κ2) is 8.39. The second-order valence-electron chi connectivity index (χ2n) is 6.26. The molecule has 2 aromatic carbocycles. The van der Waals surface area contributed by atoms with Gasteiger partial charge in [0.25, 0.3) is 0 Å². The van der Waals surface area contributed by atoms with E-state index in [4.69, 9.17) is 4.74 Å². The van der Waals surface area contributed by atoms with Gasteiger partial charge in [-0.3, -0.25) is 0 Å². The van der Waals surface area contributed by atoms with E-state index in [0.29, 0.717) is 19.0 Å². The van der Waals surface area contributed by atoms with E-state index >= 15 is 0 Å². The number of nitrogens with zero attached hydrogens (tertiary/aromatic N) is 1. The second-order valence-corrected chi connectivity index (χ2v) is 6.26. The van der Waals surface area contributed by atoms with E-state index in [1.165, 1.54) is 5.56 Å². The van der Waals surface area contributed by atoms with Crippen molar-refractivity contribution in [2.24, 2.45) is 0 Å². The molecule has 24 heavy (non-hydrogen) atoms. The number of hydrogen-bond donors (Lipinski definition) is 1. The quantitative estimate of drug-likeness (QED) is 0.866. The number of methoxy groups -OCH3 is 1. The van der Waals surface area contributed by atoms with Gasteiger partial charge in [-0.1, -0.05) is 50.2 Å². The molecule has 0 bridgehead atoms. The van der Waals surface area contributed by atoms with E-state index in [9.17, 15) is 4.79 Å². The van der Waals surface area contributed by atoms with Crippen LogP contribution in [0.2, 0.25) is 0 Å². The summed E-state index contributed by atoms with van der Waals surface area (Å²) in [5.74, 6) is 1.31. The van der Waals surface area contributed by atoms with Gasteiger partial charge in [0.05, 0.1) is 7.11 Å². The van der Waals surface area contributed by atoms with Crippen molar-refractivity contribution < 1.29 is 9.53 Å². The van der Waals surface area contributed by atoms with E-state index in [1.54, 1.807) is 19.1 Å². The van der Waals surface area contributed by atoms with Gasteiger partial charge in [-0.05, 0) is 34.7 Å². The van der Waals surface area contributed by atoms with Crippen LogP contribution in [0.1, 0.15) is 36.5 Å². The lowest BCUT2D eigenvalue weighted by atomic mass is 10.0. The van der Waals surface area contributed by atoms with Gasteiger partial charge in [0.1, 0.15) is 5.75 Å². The molecule has 4 nitrogen and oxygen atoms in total. The number of rotatable bonds is 6. The van der Waals surface area contributed by atoms with Crippen molar-refractivity contribution in [1.29, 1.82) is 0 Å². The Bertz CT molecular complexity index is 666. The van der Waals surface area contributed by atoms with Crippen LogP contribution in [-0.4, -0.2) is 25.1 Å². The maximum absolute atomic E-state index is 12.2. The minimum Gasteiger partial charge on any atom is -0.497 e. The molecule has 128 valence electrons. The zero-order valence-corrected chi connectivity index (χ0v) is 14.9. The Kier molecular flexibility index (Phi) is 6.24. The Balaban J connectivity index is 1.87. The monoisotopic (exact) mass is 326 g/mol. The van der Waals surface area contributed by atoms with Gasteiger partial charge in [-0.2, -0.15) is 0 Å². The van der Waals surface area contributed by atoms with Crippen molar-refractivity contribution in [3.8, 4) is 5.75 Å². The number of carbonyl (C=O) groups is 1. The van der Waals surface area contributed by atoms with E-state index in [-0.39, 0.29) is 6.03 Å². The number of hydrogen-bond acceptors (Lipinski definition) is 2. The van der Waals surface area contributed by atoms with Gasteiger partial charge in [0.15, 0.2) is 0 Å². The van der Waals surface area contributed by atoms with Crippen molar-refractivity contribution in [2.75, 3.05) is 14.2 Å². The molecule has 1 N–H and O–H groups in total. The maximum atomic E-state index is 12.2. The Morgan fingerprint density at radius 2 is 1.83 bits per heavy atom. The SMILES string of the molecule is COc1cccc(CNC(=O)N(C)Cc2ccc(C(C)C)cc2)c1. The lowest BCUT2D eigenvalue weighted by Gasteiger charge is -2.18. The molecule has 0 heterocycles. The topological polar surface area (TPSA) is 41.6 Å². The molecule has 4 heteroatoms. The first kappa shape index (κ1) is 17.9. The molecule has 2 amide bonds. The molecule has 0 aromatic heterocycles. The van der Waals surface area contributed by atoms with Crippen LogP contribution < -0.4 is 10.1 Å². The normalized spacial score (nSPS) is 10.5. The molecule has 0 radical (unpaired) electrons. The van der Waals surface area contributed by atoms with Gasteiger partial charge < -0.3 is 15.0 Å². The molecule has 0 saturated carbocycles. The number of urea groups is 1. The lowest BCUT2D eigenvalue weighted by Crippen LogP contribution is -2.36. The van der Waals surface area contributed by atoms with E-state index in [1.807, 2.05) is 24.3 Å². The smallest absolute Gasteiger partial charge is 0.317 e. The minimum atomic E-state index is -0.0919. The Morgan fingerprint density at radius 1 is 1.12 bits per heavy atom. The summed E-state index contributed by atoms with van der Waals surface area (Å²) < 4.78 is 5.19. The standard InChI is InChI=1S/C20H26N2O2/c1-15(2)18-10-8-16(9-11-18)14-22(3)20(23)21-13-17-6-5-7-19(12-17)24-4/h5-12,15H,13-14H2,1-4H3,(H,21,23). The summed E-state index contributed by atoms with van der Waals surface area (Å²) in [5, 5.41) is 2.93. The van der Waals surface area contributed by atoms with Gasteiger partial charge in [0, 0.05) is 20.1 Å². The van der Waals surface area contributed by atoms with Gasteiger partial charge in [0.2, 0.25) is 0 Å². The molecular weight excluding hydrogens is 300 g/mol. The largest absolute Gasteiger partial charge is 0.497 e. The number of carbonyl (C=O) groups excluding carboxylic acids is 1. The average molecular weight is 326 g/mol. The Labute approximate surface area is 144 Å². The number of nitrogens with one attached hydrogen (secondary N) is 1. The summed E-state index contributed by atoms with van der Waals surface area (Å²) in [6, 6.07) is 16.0. The molecule has 0 saturated heterocycles. The van der Waals surface area contributed by atoms with Crippen LogP contribution in [-0.2, 0) is 13.1 Å². The van der Waals surface area contributed by atoms with E-state index < -0.39 is 0 Å². The molecule has 0 aliphatic heterocycles. The van der Waals surface area contributed by atoms with E-state index in [0.717, 1.165) is 16.9 Å². The van der Waals surface area contributed by atoms with Crippen LogP contribution in [0.5, 0.6) is 5.75 Å². The number of amides is 2. The van der Waals surface area contributed by atoms with Crippen LogP contribution in [0.3, 0.4) is 0 Å². The third-order valence-corrected chi connectivity index (χ3v) is 3.99. The molecule has 0 spiro atoms. The van der Waals surface area contributed by atoms with Crippen molar-refractivity contribution >= 4 is 6.03 Å². The third kappa shape index (κ3) is 5.01. The lowest BCUT2D eigenvalue weighted by molar-refractivity contribution is 0.206. The maximum Gasteiger partial charge on any atom is 0.317 e. The highest BCUT2D eigenvalue weighted by molar-refractivity contribution is 5.73. The van der Waals surface area contributed by atoms with Gasteiger partial charge in [-0.25, -0.2) is 4.79 Å². The predicted molar refractivity (Wildman–Crippen MR) is 97.2 cm³/mol. The van der Waals surface area contributed by atoms with Gasteiger partial charge >= 0.3 is 6.03 Å². The average Bonchev–Trinajstić information content (AvgIpc) is 2.60. The third-order valence-electron chi connectivity index (χ3n) is 3.99. The molecule has 0 unspecified atom stereocenters. The van der Waals surface area contributed by atoms with Gasteiger partial charge in [-0.15, -0.1) is 0 Å². The summed E-state index contributed by atoms with van der Waals surface area (Å²) in [6.45, 7) is 5.41. The summed E-state index contributed by atoms with van der Waals surface area (Å²) >= 11 is 0. The molecule has 2 aromatic rings. The fourth-order valence-corrected chi connectivity index (χ4v) is 2.45. The van der Waals surface area contributed by atoms with Crippen molar-refractivity contribution in [3.05, 3.63) is 65.2 Å². The highest BCUT2D eigenvalue weighted by atomic mass is 16.5. The van der Waals surface area contributed by atoms with Crippen LogP contribution >= 0.6 is 0 Å². The molecule has 0 atom stereocenters. The fraction of sp³-hybridized carbons (Fsp3) is 0.350. The minimum absolute atomic E-state index is 0.0919. The van der Waals surface area contributed by atoms with Crippen LogP contribution in [0.4, 0.5) is 4.79 Å². The zero-order chi connectivity index (χ0) is 17.5. The Morgan fingerprint density at radius 3 is 2.46 bits per heavy atom. The molecule has 0 fully saturated rings. The summed E-state index contributed by atoms with van der Waals surface area (Å²) in [7, 11) is 3.44. The van der Waals surface area contributed by atoms with Crippen molar-refractivity contribution in [3.63, 3.8) is 0 Å². The number of ether oxygens (including phenoxy) is 1. The van der Waals surface area contributed by atoms with Crippen LogP contribution in [0.25, 0.3) is 0 Å². The zero-order valence-electron chi connectivity index (χ0n) is 14.9. The first-order valence-corrected chi connectivity index (χ1v) is 8.20. The highest BCUT2D eigenvalue weighted by Gasteiger charge is 2.09. The summed E-state index contributed by atoms with van der Waals surface area (Å²) in [4.78, 5) is 13.9. The molecule has 2 rings (SSSR count). The van der Waals surface area contributed by atoms with Crippen LogP contribution in [0, 0.1) is 0 Å². The first-order chi connectivity index (χ1) is 11.5. The fourth-order valence-electron chi connectivity index (χ4n) is 2.45. The predicted octanol–water partition coefficient (Wildman–Crippen LogP) is 4.16. The number of benzene rings is 2. The van der Waals surface area contributed by atoms with E-state index in [2.05, 4.69) is 43.4 Å². The highest BCUT2D eigenvalue weighted by Crippen LogP contribution is 2.15. The summed E-state index contributed by atoms with van der Waals surface area (Å²) in [5.41, 5.74) is 3.44. The molecular formula is C20H26N2O2. The van der Waals surface area contributed by atoms with Crippen LogP contribution in [0.15, 0.2) is 48.5 Å². The summed E-state index contributed by atoms with van der Waals surface area (Å²) in [6.07, 6.45) is 0. The van der Waals surface area contributed by atoms with Crippen molar-refractivity contribution in [1.82, 2.24) is 10.2 Å². The molecule has 0 aliphatic rings.